The van der Waals surface area contributed by atoms with Crippen molar-refractivity contribution in [3.05, 3.63) is 70.1 Å². The molecule has 35 heavy (non-hydrogen) atoms. The average molecular weight is 499 g/mol. The van der Waals surface area contributed by atoms with Crippen molar-refractivity contribution in [2.75, 3.05) is 41.4 Å². The zero-order chi connectivity index (χ0) is 25.3. The van der Waals surface area contributed by atoms with Gasteiger partial charge in [0.2, 0.25) is 5.78 Å². The number of Topliss-reactive ketones (excluding diaryl/α,β-unsaturated/α-hetero) is 1. The number of carbonyl (C=O) groups excluding carboxylic acids is 2. The Kier molecular flexibility index (Phi) is 7.05. The van der Waals surface area contributed by atoms with Crippen LogP contribution in [0, 0.1) is 0 Å². The fourth-order valence-corrected chi connectivity index (χ4v) is 4.53. The molecule has 0 aliphatic carbocycles. The number of ketones is 1. The number of aliphatic hydroxyl groups excluding tert-OH is 1. The van der Waals surface area contributed by atoms with E-state index < -0.39 is 23.5 Å². The highest BCUT2D eigenvalue weighted by molar-refractivity contribution is 6.31. The summed E-state index contributed by atoms with van der Waals surface area (Å²) in [5.74, 6) is -0.854. The third kappa shape index (κ3) is 4.72. The molecule has 0 saturated carbocycles. The first-order valence-corrected chi connectivity index (χ1v) is 11.5. The zero-order valence-corrected chi connectivity index (χ0v) is 20.8. The number of carbonyl (C=O) groups is 2. The number of methoxy groups -OCH3 is 2. The molecule has 184 valence electrons. The molecule has 1 aromatic heterocycles. The maximum absolute atomic E-state index is 13.7. The number of hydrogen-bond acceptors (Lipinski definition) is 7. The van der Waals surface area contributed by atoms with E-state index in [1.165, 1.54) is 18.1 Å². The number of halogens is 1. The lowest BCUT2D eigenvalue weighted by Crippen LogP contribution is -2.33. The van der Waals surface area contributed by atoms with Crippen LogP contribution in [-0.2, 0) is 4.79 Å². The molecule has 9 heteroatoms. The van der Waals surface area contributed by atoms with E-state index in [0.29, 0.717) is 46.0 Å². The summed E-state index contributed by atoms with van der Waals surface area (Å²) in [7, 11) is 6.90. The number of ether oxygens (including phenoxy) is 2. The van der Waals surface area contributed by atoms with Gasteiger partial charge in [0.05, 0.1) is 25.8 Å². The van der Waals surface area contributed by atoms with Gasteiger partial charge in [0.1, 0.15) is 5.75 Å². The Morgan fingerprint density at radius 2 is 1.94 bits per heavy atom. The number of hydrogen-bond donors (Lipinski definition) is 1. The van der Waals surface area contributed by atoms with Gasteiger partial charge in [-0.15, -0.1) is 0 Å². The largest absolute Gasteiger partial charge is 0.503 e. The highest BCUT2D eigenvalue weighted by atomic mass is 35.5. The van der Waals surface area contributed by atoms with E-state index in [1.807, 2.05) is 19.0 Å². The Hall–Kier alpha value is -3.49. The first kappa shape index (κ1) is 24.6. The molecule has 0 spiro atoms. The standard InChI is InChI=1S/C26H27ClN2O6/c1-28(2)9-6-10-29-22(15-7-5-8-18(12-15)33-3)21(24(31)26(29)32)23(30)19-13-16-11-17(27)14-20(34-4)25(16)35-19/h5,7-8,11-14,22,31H,6,9-10H2,1-4H3. The van der Waals surface area contributed by atoms with Crippen LogP contribution in [0.2, 0.25) is 5.02 Å². The monoisotopic (exact) mass is 498 g/mol. The Labute approximate surface area is 208 Å². The molecule has 0 radical (unpaired) electrons. The number of furan rings is 1. The average Bonchev–Trinajstić information content (AvgIpc) is 3.37. The van der Waals surface area contributed by atoms with Crippen LogP contribution in [0.3, 0.4) is 0 Å². The molecular formula is C26H27ClN2O6. The van der Waals surface area contributed by atoms with Crippen molar-refractivity contribution in [3.63, 3.8) is 0 Å². The second kappa shape index (κ2) is 10.0. The van der Waals surface area contributed by atoms with Crippen molar-refractivity contribution in [2.45, 2.75) is 12.5 Å². The van der Waals surface area contributed by atoms with Crippen LogP contribution in [0.1, 0.15) is 28.6 Å². The lowest BCUT2D eigenvalue weighted by Gasteiger charge is -2.27. The Morgan fingerprint density at radius 3 is 2.63 bits per heavy atom. The van der Waals surface area contributed by atoms with E-state index in [1.54, 1.807) is 43.5 Å². The number of aliphatic hydroxyl groups is 1. The van der Waals surface area contributed by atoms with E-state index >= 15 is 0 Å². The molecule has 0 bridgehead atoms. The van der Waals surface area contributed by atoms with Gasteiger partial charge < -0.3 is 28.8 Å². The van der Waals surface area contributed by atoms with E-state index in [4.69, 9.17) is 25.5 Å². The number of rotatable bonds is 9. The van der Waals surface area contributed by atoms with Gasteiger partial charge in [-0.25, -0.2) is 0 Å². The van der Waals surface area contributed by atoms with Crippen LogP contribution in [-0.4, -0.2) is 68.0 Å². The summed E-state index contributed by atoms with van der Waals surface area (Å²) in [6, 6.07) is 11.1. The topological polar surface area (TPSA) is 92.4 Å². The van der Waals surface area contributed by atoms with Crippen LogP contribution in [0.4, 0.5) is 0 Å². The van der Waals surface area contributed by atoms with Gasteiger partial charge in [-0.3, -0.25) is 9.59 Å². The van der Waals surface area contributed by atoms with Crippen molar-refractivity contribution in [3.8, 4) is 11.5 Å². The number of fused-ring (bicyclic) bond motifs is 1. The van der Waals surface area contributed by atoms with Crippen LogP contribution >= 0.6 is 11.6 Å². The normalized spacial score (nSPS) is 16.0. The van der Waals surface area contributed by atoms with E-state index in [0.717, 1.165) is 6.54 Å². The van der Waals surface area contributed by atoms with Gasteiger partial charge in [0.25, 0.3) is 5.91 Å². The number of amides is 1. The van der Waals surface area contributed by atoms with Gasteiger partial charge in [-0.2, -0.15) is 0 Å². The molecule has 2 heterocycles. The molecule has 1 aliphatic rings. The summed E-state index contributed by atoms with van der Waals surface area (Å²) >= 11 is 6.16. The molecule has 0 saturated heterocycles. The lowest BCUT2D eigenvalue weighted by molar-refractivity contribution is -0.129. The molecule has 1 atom stereocenters. The molecule has 8 nitrogen and oxygen atoms in total. The van der Waals surface area contributed by atoms with Crippen molar-refractivity contribution in [1.29, 1.82) is 0 Å². The van der Waals surface area contributed by atoms with Crippen LogP contribution in [0.25, 0.3) is 11.0 Å². The van der Waals surface area contributed by atoms with Crippen LogP contribution < -0.4 is 9.47 Å². The fraction of sp³-hybridized carbons (Fsp3) is 0.308. The molecule has 1 N–H and O–H groups in total. The molecule has 1 aliphatic heterocycles. The lowest BCUT2D eigenvalue weighted by atomic mass is 9.94. The Bertz CT molecular complexity index is 1310. The maximum Gasteiger partial charge on any atom is 0.290 e. The first-order valence-electron chi connectivity index (χ1n) is 11.1. The minimum absolute atomic E-state index is 0.0297. The number of nitrogens with zero attached hydrogens (tertiary/aromatic N) is 2. The zero-order valence-electron chi connectivity index (χ0n) is 20.0. The quantitative estimate of drug-likeness (QED) is 0.430. The minimum Gasteiger partial charge on any atom is -0.503 e. The van der Waals surface area contributed by atoms with Gasteiger partial charge in [0.15, 0.2) is 22.9 Å². The maximum atomic E-state index is 13.7. The SMILES string of the molecule is COc1cccc(C2C(C(=O)c3cc4cc(Cl)cc(OC)c4o3)=C(O)C(=O)N2CCCN(C)C)c1. The smallest absolute Gasteiger partial charge is 0.290 e. The molecule has 3 aromatic rings. The predicted octanol–water partition coefficient (Wildman–Crippen LogP) is 4.63. The molecule has 2 aromatic carbocycles. The summed E-state index contributed by atoms with van der Waals surface area (Å²) in [4.78, 5) is 30.4. The third-order valence-electron chi connectivity index (χ3n) is 5.95. The van der Waals surface area contributed by atoms with Gasteiger partial charge in [-0.1, -0.05) is 23.7 Å². The van der Waals surface area contributed by atoms with E-state index in [-0.39, 0.29) is 11.3 Å². The molecular weight excluding hydrogens is 472 g/mol. The van der Waals surface area contributed by atoms with Gasteiger partial charge in [-0.05, 0) is 56.9 Å². The minimum atomic E-state index is -0.800. The molecule has 1 unspecified atom stereocenters. The van der Waals surface area contributed by atoms with Crippen molar-refractivity contribution < 1.29 is 28.6 Å². The second-order valence-corrected chi connectivity index (χ2v) is 9.00. The van der Waals surface area contributed by atoms with E-state index in [2.05, 4.69) is 0 Å². The molecule has 0 fully saturated rings. The summed E-state index contributed by atoms with van der Waals surface area (Å²) in [5, 5.41) is 11.9. The Morgan fingerprint density at radius 1 is 1.17 bits per heavy atom. The second-order valence-electron chi connectivity index (χ2n) is 8.56. The summed E-state index contributed by atoms with van der Waals surface area (Å²) in [6.45, 7) is 1.09. The first-order chi connectivity index (χ1) is 16.7. The fourth-order valence-electron chi connectivity index (χ4n) is 4.31. The third-order valence-corrected chi connectivity index (χ3v) is 6.17. The summed E-state index contributed by atoms with van der Waals surface area (Å²) in [6.07, 6.45) is 0.661. The summed E-state index contributed by atoms with van der Waals surface area (Å²) < 4.78 is 16.5. The highest BCUT2D eigenvalue weighted by Crippen LogP contribution is 2.41. The van der Waals surface area contributed by atoms with Crippen LogP contribution in [0.15, 0.2) is 58.2 Å². The van der Waals surface area contributed by atoms with Crippen molar-refractivity contribution >= 4 is 34.3 Å². The Balaban J connectivity index is 1.79. The van der Waals surface area contributed by atoms with Crippen molar-refractivity contribution in [1.82, 2.24) is 9.80 Å². The molecule has 4 rings (SSSR count). The predicted molar refractivity (Wildman–Crippen MR) is 132 cm³/mol. The molecule has 1 amide bonds. The van der Waals surface area contributed by atoms with Gasteiger partial charge in [0, 0.05) is 23.0 Å². The van der Waals surface area contributed by atoms with Crippen molar-refractivity contribution in [2.24, 2.45) is 0 Å². The number of benzene rings is 2. The summed E-state index contributed by atoms with van der Waals surface area (Å²) in [5.41, 5.74) is 0.953. The van der Waals surface area contributed by atoms with Crippen LogP contribution in [0.5, 0.6) is 11.5 Å². The van der Waals surface area contributed by atoms with Gasteiger partial charge >= 0.3 is 0 Å². The van der Waals surface area contributed by atoms with E-state index in [9.17, 15) is 14.7 Å². The highest BCUT2D eigenvalue weighted by Gasteiger charge is 2.44.